The summed E-state index contributed by atoms with van der Waals surface area (Å²) in [5.41, 5.74) is -0.209. The second-order valence-electron chi connectivity index (χ2n) is 6.19. The molecule has 8 nitrogen and oxygen atoms in total. The van der Waals surface area contributed by atoms with E-state index in [0.717, 1.165) is 31.6 Å². The summed E-state index contributed by atoms with van der Waals surface area (Å²) in [7, 11) is 0. The third kappa shape index (κ3) is 2.65. The van der Waals surface area contributed by atoms with Gasteiger partial charge < -0.3 is 0 Å². The number of rotatable bonds is 2. The zero-order valence-corrected chi connectivity index (χ0v) is 12.5. The van der Waals surface area contributed by atoms with E-state index in [1.54, 1.807) is 11.0 Å². The molecule has 2 aromatic heterocycles. The van der Waals surface area contributed by atoms with E-state index in [2.05, 4.69) is 25.6 Å². The Bertz CT molecular complexity index is 664. The number of carbonyl (C=O) groups excluding carboxylic acids is 1. The van der Waals surface area contributed by atoms with E-state index in [1.165, 1.54) is 0 Å². The van der Waals surface area contributed by atoms with Crippen LogP contribution in [0.25, 0.3) is 0 Å². The van der Waals surface area contributed by atoms with Gasteiger partial charge in [0.05, 0.1) is 5.54 Å². The molecule has 0 saturated heterocycles. The lowest BCUT2D eigenvalue weighted by atomic mass is 10.1. The maximum Gasteiger partial charge on any atom is 0.297 e. The molecule has 0 unspecified atom stereocenters. The van der Waals surface area contributed by atoms with Crippen molar-refractivity contribution >= 4 is 11.9 Å². The molecule has 0 fully saturated rings. The molecule has 1 aliphatic heterocycles. The average molecular weight is 289 g/mol. The number of hydrogen-bond acceptors (Lipinski definition) is 5. The first-order valence-electron chi connectivity index (χ1n) is 7.11. The largest absolute Gasteiger partial charge is 0.297 e. The molecule has 0 bridgehead atoms. The molecule has 0 atom stereocenters. The molecule has 1 N–H and O–H groups in total. The number of amides is 1. The van der Waals surface area contributed by atoms with Crippen molar-refractivity contribution in [2.45, 2.75) is 52.1 Å². The normalized spacial score (nSPS) is 14.8. The van der Waals surface area contributed by atoms with Crippen molar-refractivity contribution in [2.75, 3.05) is 5.32 Å². The molecule has 8 heteroatoms. The van der Waals surface area contributed by atoms with Crippen LogP contribution < -0.4 is 5.32 Å². The van der Waals surface area contributed by atoms with Crippen LogP contribution >= 0.6 is 0 Å². The van der Waals surface area contributed by atoms with Gasteiger partial charge in [-0.1, -0.05) is 0 Å². The number of aryl methyl sites for hydroxylation is 1. The summed E-state index contributed by atoms with van der Waals surface area (Å²) < 4.78 is 3.61. The average Bonchev–Trinajstić information content (AvgIpc) is 3.05. The highest BCUT2D eigenvalue weighted by Gasteiger charge is 2.21. The number of nitrogens with one attached hydrogen (secondary N) is 1. The number of hydrogen-bond donors (Lipinski definition) is 1. The van der Waals surface area contributed by atoms with Gasteiger partial charge in [0.2, 0.25) is 11.8 Å². The fraction of sp³-hybridized carbons (Fsp3) is 0.615. The van der Waals surface area contributed by atoms with Crippen LogP contribution in [-0.2, 0) is 18.5 Å². The number of fused-ring (bicyclic) bond motifs is 1. The van der Waals surface area contributed by atoms with Crippen LogP contribution in [0.2, 0.25) is 0 Å². The molecule has 21 heavy (non-hydrogen) atoms. The minimum absolute atomic E-state index is 0.137. The third-order valence-corrected chi connectivity index (χ3v) is 3.47. The minimum atomic E-state index is -0.362. The van der Waals surface area contributed by atoms with Crippen molar-refractivity contribution in [3.05, 3.63) is 18.0 Å². The highest BCUT2D eigenvalue weighted by Crippen LogP contribution is 2.17. The van der Waals surface area contributed by atoms with Crippen LogP contribution in [0.5, 0.6) is 0 Å². The zero-order valence-electron chi connectivity index (χ0n) is 12.5. The molecule has 0 radical (unpaired) electrons. The number of nitrogens with zero attached hydrogens (tertiary/aromatic N) is 6. The standard InChI is InChI=1S/C13H19N7O/c1-13(2,3)20-8-14-10(18-20)11(21)15-12-17-16-9-6-4-5-7-19(9)12/h8H,4-7H2,1-3H3,(H,15,17,21). The Morgan fingerprint density at radius 1 is 1.29 bits per heavy atom. The maximum atomic E-state index is 12.2. The van der Waals surface area contributed by atoms with Crippen molar-refractivity contribution in [2.24, 2.45) is 0 Å². The van der Waals surface area contributed by atoms with E-state index in [1.807, 2.05) is 25.3 Å². The SMILES string of the molecule is CC(C)(C)n1cnc(C(=O)Nc2nnc3n2CCCC3)n1. The van der Waals surface area contributed by atoms with Crippen LogP contribution in [0, 0.1) is 0 Å². The second kappa shape index (κ2) is 4.94. The van der Waals surface area contributed by atoms with E-state index in [0.29, 0.717) is 5.95 Å². The summed E-state index contributed by atoms with van der Waals surface area (Å²) in [5, 5.41) is 15.1. The Labute approximate surface area is 122 Å². The topological polar surface area (TPSA) is 90.5 Å². The van der Waals surface area contributed by atoms with Crippen molar-refractivity contribution in [1.82, 2.24) is 29.5 Å². The Kier molecular flexibility index (Phi) is 3.23. The molecule has 3 heterocycles. The van der Waals surface area contributed by atoms with Gasteiger partial charge in [-0.05, 0) is 33.6 Å². The molecular formula is C13H19N7O. The molecule has 1 aliphatic rings. The number of carbonyl (C=O) groups is 1. The van der Waals surface area contributed by atoms with Gasteiger partial charge in [-0.15, -0.1) is 15.3 Å². The Hall–Kier alpha value is -2.25. The van der Waals surface area contributed by atoms with Gasteiger partial charge in [0.15, 0.2) is 0 Å². The summed E-state index contributed by atoms with van der Waals surface area (Å²) in [6.45, 7) is 6.83. The van der Waals surface area contributed by atoms with Gasteiger partial charge in [-0.25, -0.2) is 9.67 Å². The van der Waals surface area contributed by atoms with Gasteiger partial charge in [-0.3, -0.25) is 14.7 Å². The summed E-state index contributed by atoms with van der Waals surface area (Å²) in [6, 6.07) is 0. The first-order chi connectivity index (χ1) is 9.95. The van der Waals surface area contributed by atoms with Crippen molar-refractivity contribution in [1.29, 1.82) is 0 Å². The molecule has 0 saturated carbocycles. The zero-order chi connectivity index (χ0) is 15.0. The molecule has 112 valence electrons. The van der Waals surface area contributed by atoms with Crippen LogP contribution in [0.3, 0.4) is 0 Å². The lowest BCUT2D eigenvalue weighted by Crippen LogP contribution is -2.24. The van der Waals surface area contributed by atoms with Gasteiger partial charge in [0.1, 0.15) is 12.2 Å². The third-order valence-electron chi connectivity index (χ3n) is 3.47. The fourth-order valence-electron chi connectivity index (χ4n) is 2.25. The van der Waals surface area contributed by atoms with E-state index >= 15 is 0 Å². The van der Waals surface area contributed by atoms with E-state index < -0.39 is 0 Å². The summed E-state index contributed by atoms with van der Waals surface area (Å²) in [4.78, 5) is 16.3. The molecule has 0 spiro atoms. The monoisotopic (exact) mass is 289 g/mol. The van der Waals surface area contributed by atoms with Gasteiger partial charge in [0.25, 0.3) is 5.91 Å². The molecule has 1 amide bonds. The molecular weight excluding hydrogens is 270 g/mol. The number of aromatic nitrogens is 6. The smallest absolute Gasteiger partial charge is 0.297 e. The fourth-order valence-corrected chi connectivity index (χ4v) is 2.25. The van der Waals surface area contributed by atoms with E-state index in [4.69, 9.17) is 0 Å². The Balaban J connectivity index is 1.77. The Morgan fingerprint density at radius 2 is 2.10 bits per heavy atom. The maximum absolute atomic E-state index is 12.2. The van der Waals surface area contributed by atoms with E-state index in [9.17, 15) is 4.79 Å². The van der Waals surface area contributed by atoms with Crippen molar-refractivity contribution in [3.63, 3.8) is 0 Å². The molecule has 0 aliphatic carbocycles. The summed E-state index contributed by atoms with van der Waals surface area (Å²) in [6.07, 6.45) is 4.66. The predicted octanol–water partition coefficient (Wildman–Crippen LogP) is 1.21. The highest BCUT2D eigenvalue weighted by molar-refractivity contribution is 6.00. The van der Waals surface area contributed by atoms with Crippen molar-refractivity contribution in [3.8, 4) is 0 Å². The molecule has 0 aromatic carbocycles. The van der Waals surface area contributed by atoms with Gasteiger partial charge in [-0.2, -0.15) is 0 Å². The highest BCUT2D eigenvalue weighted by atomic mass is 16.2. The first kappa shape index (κ1) is 13.7. The first-order valence-corrected chi connectivity index (χ1v) is 7.11. The van der Waals surface area contributed by atoms with Crippen LogP contribution in [0.15, 0.2) is 6.33 Å². The second-order valence-corrected chi connectivity index (χ2v) is 6.19. The predicted molar refractivity (Wildman–Crippen MR) is 75.9 cm³/mol. The lowest BCUT2D eigenvalue weighted by molar-refractivity contribution is 0.101. The van der Waals surface area contributed by atoms with Crippen LogP contribution in [0.1, 0.15) is 50.1 Å². The molecule has 2 aromatic rings. The van der Waals surface area contributed by atoms with Gasteiger partial charge in [0, 0.05) is 13.0 Å². The number of anilines is 1. The lowest BCUT2D eigenvalue weighted by Gasteiger charge is -2.17. The van der Waals surface area contributed by atoms with Crippen LogP contribution in [0.4, 0.5) is 5.95 Å². The Morgan fingerprint density at radius 3 is 2.81 bits per heavy atom. The van der Waals surface area contributed by atoms with Crippen LogP contribution in [-0.4, -0.2) is 35.4 Å². The van der Waals surface area contributed by atoms with Gasteiger partial charge >= 0.3 is 0 Å². The molecule has 3 rings (SSSR count). The van der Waals surface area contributed by atoms with E-state index in [-0.39, 0.29) is 17.3 Å². The minimum Gasteiger partial charge on any atom is -0.297 e. The van der Waals surface area contributed by atoms with Crippen molar-refractivity contribution < 1.29 is 4.79 Å². The summed E-state index contributed by atoms with van der Waals surface area (Å²) >= 11 is 0. The quantitative estimate of drug-likeness (QED) is 0.897. The summed E-state index contributed by atoms with van der Waals surface area (Å²) in [5.74, 6) is 1.17.